The van der Waals surface area contributed by atoms with Crippen LogP contribution in [0.3, 0.4) is 0 Å². The maximum absolute atomic E-state index is 13.7. The second-order valence-corrected chi connectivity index (χ2v) is 18.9. The van der Waals surface area contributed by atoms with Gasteiger partial charge in [-0.25, -0.2) is 4.79 Å². The summed E-state index contributed by atoms with van der Waals surface area (Å²) in [6.07, 6.45) is 52.0. The van der Waals surface area contributed by atoms with Crippen LogP contribution >= 0.6 is 0 Å². The largest absolute Gasteiger partial charge is 0.480 e. The van der Waals surface area contributed by atoms with Gasteiger partial charge >= 0.3 is 11.9 Å². The molecule has 0 aromatic heterocycles. The Labute approximate surface area is 367 Å². The fourth-order valence-electron chi connectivity index (χ4n) is 9.29. The van der Waals surface area contributed by atoms with E-state index in [0.717, 1.165) is 57.8 Å². The molecule has 6 nitrogen and oxygen atoms in total. The maximum atomic E-state index is 13.7. The van der Waals surface area contributed by atoms with E-state index in [4.69, 9.17) is 4.74 Å². The molecule has 1 saturated heterocycles. The Bertz CT molecular complexity index is 954. The molecule has 1 aliphatic rings. The van der Waals surface area contributed by atoms with E-state index < -0.39 is 18.1 Å². The molecule has 59 heavy (non-hydrogen) atoms. The first-order valence-corrected chi connectivity index (χ1v) is 26.7. The topological polar surface area (TPSA) is 83.9 Å². The van der Waals surface area contributed by atoms with Crippen LogP contribution in [0, 0.1) is 5.92 Å². The molecule has 0 spiro atoms. The van der Waals surface area contributed by atoms with E-state index in [1.165, 1.54) is 210 Å². The highest BCUT2D eigenvalue weighted by molar-refractivity contribution is 5.84. The highest BCUT2D eigenvalue weighted by atomic mass is 16.5. The van der Waals surface area contributed by atoms with E-state index in [2.05, 4.69) is 20.8 Å². The molecule has 0 aromatic rings. The maximum Gasteiger partial charge on any atom is 0.326 e. The van der Waals surface area contributed by atoms with Crippen molar-refractivity contribution in [3.05, 3.63) is 0 Å². The summed E-state index contributed by atoms with van der Waals surface area (Å²) in [6.45, 7) is 7.03. The highest BCUT2D eigenvalue weighted by Gasteiger charge is 2.41. The molecule has 1 rings (SSSR count). The first kappa shape index (κ1) is 55.4. The van der Waals surface area contributed by atoms with Gasteiger partial charge in [-0.3, -0.25) is 9.59 Å². The fourth-order valence-corrected chi connectivity index (χ4v) is 9.29. The van der Waals surface area contributed by atoms with Gasteiger partial charge in [0.25, 0.3) is 0 Å². The van der Waals surface area contributed by atoms with Crippen molar-refractivity contribution in [3.8, 4) is 0 Å². The van der Waals surface area contributed by atoms with Crippen LogP contribution in [0.2, 0.25) is 0 Å². The van der Waals surface area contributed by atoms with Crippen LogP contribution in [0.4, 0.5) is 0 Å². The number of unbranched alkanes of at least 4 members (excludes halogenated alkanes) is 36. The van der Waals surface area contributed by atoms with Crippen LogP contribution in [-0.4, -0.2) is 46.5 Å². The molecule has 1 unspecified atom stereocenters. The molecule has 6 heteroatoms. The minimum atomic E-state index is -0.988. The first-order valence-electron chi connectivity index (χ1n) is 26.7. The minimum absolute atomic E-state index is 0.102. The Morgan fingerprint density at radius 3 is 1.05 bits per heavy atom. The number of carboxylic acids is 1. The molecule has 1 heterocycles. The van der Waals surface area contributed by atoms with Crippen LogP contribution in [-0.2, 0) is 19.1 Å². The summed E-state index contributed by atoms with van der Waals surface area (Å²) in [7, 11) is 0. The zero-order valence-electron chi connectivity index (χ0n) is 39.9. The molecular weight excluding hydrogens is 731 g/mol. The monoisotopic (exact) mass is 832 g/mol. The van der Waals surface area contributed by atoms with Crippen LogP contribution < -0.4 is 0 Å². The van der Waals surface area contributed by atoms with Crippen molar-refractivity contribution in [3.63, 3.8) is 0 Å². The number of nitrogens with zero attached hydrogens (tertiary/aromatic N) is 1. The van der Waals surface area contributed by atoms with Gasteiger partial charge < -0.3 is 14.7 Å². The summed E-state index contributed by atoms with van der Waals surface area (Å²) in [5, 5.41) is 10.0. The van der Waals surface area contributed by atoms with Crippen LogP contribution in [0.25, 0.3) is 0 Å². The Hall–Kier alpha value is -1.59. The highest BCUT2D eigenvalue weighted by Crippen LogP contribution is 2.27. The molecule has 0 radical (unpaired) electrons. The number of hydrogen-bond acceptors (Lipinski definition) is 4. The Morgan fingerprint density at radius 1 is 0.458 bits per heavy atom. The summed E-state index contributed by atoms with van der Waals surface area (Å²) < 4.78 is 6.09. The number of aliphatic carboxylic acids is 1. The number of esters is 1. The Morgan fingerprint density at radius 2 is 0.746 bits per heavy atom. The number of carbonyl (C=O) groups excluding carboxylic acids is 2. The first-order chi connectivity index (χ1) is 28.9. The summed E-state index contributed by atoms with van der Waals surface area (Å²) >= 11 is 0. The Kier molecular flexibility index (Phi) is 39.2. The normalized spacial score (nSPS) is 15.9. The summed E-state index contributed by atoms with van der Waals surface area (Å²) in [6, 6.07) is -0.900. The fraction of sp³-hybridized carbons (Fsp3) is 0.943. The number of hydrogen-bond donors (Lipinski definition) is 1. The minimum Gasteiger partial charge on any atom is -0.480 e. The number of ether oxygens (including phenoxy) is 1. The van der Waals surface area contributed by atoms with E-state index in [0.29, 0.717) is 6.42 Å². The van der Waals surface area contributed by atoms with Crippen molar-refractivity contribution in [2.24, 2.45) is 5.92 Å². The number of carboxylic acid groups (broad SMARTS) is 1. The van der Waals surface area contributed by atoms with Gasteiger partial charge in [0.1, 0.15) is 12.1 Å². The standard InChI is InChI=1S/C53H101NO5/c1-4-7-10-13-16-19-22-25-27-29-32-35-38-41-44-48(43-40-37-34-31-28-24-21-18-15-12-9-6-3)53(58)59-49-46-50(52(56)57)54(47-49)51(55)45-42-39-36-33-30-26-23-20-17-14-11-8-5-2/h48-50H,4-47H2,1-3H3,(H,56,57)/t48?,49-,50+/m1/s1. The number of likely N-dealkylation sites (tertiary alicyclic amines) is 1. The summed E-state index contributed by atoms with van der Waals surface area (Å²) in [5.41, 5.74) is 0. The number of carbonyl (C=O) groups is 3. The van der Waals surface area contributed by atoms with Crippen molar-refractivity contribution in [2.75, 3.05) is 6.54 Å². The SMILES string of the molecule is CCCCCCCCCCCCCCCCC(CCCCCCCCCCCCCC)C(=O)O[C@@H]1C[C@@H](C(=O)O)N(C(=O)CCCCCCCCCCCCCCC)C1. The van der Waals surface area contributed by atoms with Gasteiger partial charge in [-0.2, -0.15) is 0 Å². The van der Waals surface area contributed by atoms with E-state index in [-0.39, 0.29) is 30.8 Å². The molecule has 3 atom stereocenters. The van der Waals surface area contributed by atoms with E-state index in [1.807, 2.05) is 0 Å². The lowest BCUT2D eigenvalue weighted by Crippen LogP contribution is -2.40. The second-order valence-electron chi connectivity index (χ2n) is 18.9. The third kappa shape index (κ3) is 32.7. The average molecular weight is 832 g/mol. The molecule has 0 aliphatic carbocycles. The van der Waals surface area contributed by atoms with Gasteiger partial charge in [0.2, 0.25) is 5.91 Å². The molecule has 1 fully saturated rings. The van der Waals surface area contributed by atoms with Gasteiger partial charge in [-0.05, 0) is 19.3 Å². The smallest absolute Gasteiger partial charge is 0.326 e. The molecule has 0 aromatic carbocycles. The van der Waals surface area contributed by atoms with E-state index in [1.54, 1.807) is 0 Å². The van der Waals surface area contributed by atoms with Gasteiger partial charge in [-0.15, -0.1) is 0 Å². The van der Waals surface area contributed by atoms with Gasteiger partial charge in [-0.1, -0.05) is 265 Å². The number of rotatable bonds is 45. The third-order valence-corrected chi connectivity index (χ3v) is 13.3. The van der Waals surface area contributed by atoms with Crippen LogP contribution in [0.5, 0.6) is 0 Å². The molecule has 0 bridgehead atoms. The van der Waals surface area contributed by atoms with Crippen molar-refractivity contribution in [1.29, 1.82) is 0 Å². The van der Waals surface area contributed by atoms with Crippen molar-refractivity contribution < 1.29 is 24.2 Å². The summed E-state index contributed by atoms with van der Waals surface area (Å²) in [5.74, 6) is -1.39. The van der Waals surface area contributed by atoms with Crippen molar-refractivity contribution in [1.82, 2.24) is 4.90 Å². The quantitative estimate of drug-likeness (QED) is 0.0488. The van der Waals surface area contributed by atoms with Crippen molar-refractivity contribution >= 4 is 17.8 Å². The van der Waals surface area contributed by atoms with Crippen molar-refractivity contribution in [2.45, 2.75) is 309 Å². The van der Waals surface area contributed by atoms with Crippen LogP contribution in [0.15, 0.2) is 0 Å². The lowest BCUT2D eigenvalue weighted by Gasteiger charge is -2.21. The van der Waals surface area contributed by atoms with E-state index >= 15 is 0 Å². The summed E-state index contributed by atoms with van der Waals surface area (Å²) in [4.78, 5) is 40.7. The van der Waals surface area contributed by atoms with Gasteiger partial charge in [0, 0.05) is 12.8 Å². The molecular formula is C53H101NO5. The molecule has 1 N–H and O–H groups in total. The zero-order valence-corrected chi connectivity index (χ0v) is 39.9. The van der Waals surface area contributed by atoms with Crippen LogP contribution in [0.1, 0.15) is 297 Å². The number of amides is 1. The van der Waals surface area contributed by atoms with E-state index in [9.17, 15) is 19.5 Å². The third-order valence-electron chi connectivity index (χ3n) is 13.3. The average Bonchev–Trinajstić information content (AvgIpc) is 3.66. The Balaban J connectivity index is 2.45. The second kappa shape index (κ2) is 41.7. The molecule has 348 valence electrons. The zero-order chi connectivity index (χ0) is 42.9. The molecule has 1 amide bonds. The molecule has 0 saturated carbocycles. The van der Waals surface area contributed by atoms with Gasteiger partial charge in [0.05, 0.1) is 12.5 Å². The lowest BCUT2D eigenvalue weighted by atomic mass is 9.94. The predicted molar refractivity (Wildman–Crippen MR) is 252 cm³/mol. The molecule has 1 aliphatic heterocycles. The lowest BCUT2D eigenvalue weighted by molar-refractivity contribution is -0.154. The predicted octanol–water partition coefficient (Wildman–Crippen LogP) is 16.6. The van der Waals surface area contributed by atoms with Gasteiger partial charge in [0.15, 0.2) is 0 Å².